The number of para-hydroxylation sites is 1. The molecule has 1 N–H and O–H groups in total. The lowest BCUT2D eigenvalue weighted by atomic mass is 10.2. The number of nitrogens with zero attached hydrogens (tertiary/aromatic N) is 5. The second-order valence-corrected chi connectivity index (χ2v) is 9.98. The summed E-state index contributed by atoms with van der Waals surface area (Å²) in [5, 5.41) is 7.24. The molecule has 0 bridgehead atoms. The molecule has 0 aliphatic carbocycles. The van der Waals surface area contributed by atoms with E-state index >= 15 is 0 Å². The van der Waals surface area contributed by atoms with Crippen molar-refractivity contribution in [2.45, 2.75) is 45.1 Å². The van der Waals surface area contributed by atoms with Crippen LogP contribution in [0.1, 0.15) is 33.0 Å². The van der Waals surface area contributed by atoms with Crippen molar-refractivity contribution in [2.24, 2.45) is 0 Å². The predicted molar refractivity (Wildman–Crippen MR) is 136 cm³/mol. The highest BCUT2D eigenvalue weighted by atomic mass is 32.2. The van der Waals surface area contributed by atoms with Crippen LogP contribution in [-0.2, 0) is 27.8 Å². The number of hydrogen-bond donors (Lipinski definition) is 1. The number of aryl methyl sites for hydroxylation is 2. The van der Waals surface area contributed by atoms with Gasteiger partial charge in [-0.3, -0.25) is 4.79 Å². The average Bonchev–Trinajstić information content (AvgIpc) is 3.47. The molecule has 0 aliphatic heterocycles. The number of anilines is 1. The van der Waals surface area contributed by atoms with E-state index in [1.165, 1.54) is 4.31 Å². The summed E-state index contributed by atoms with van der Waals surface area (Å²) in [7, 11) is -3.57. The first-order chi connectivity index (χ1) is 16.9. The molecule has 0 unspecified atom stereocenters. The summed E-state index contributed by atoms with van der Waals surface area (Å²) in [5.74, 6) is 1.06. The molecule has 184 valence electrons. The highest BCUT2D eigenvalue weighted by molar-refractivity contribution is 7.89. The Kier molecular flexibility index (Phi) is 7.32. The Balaban J connectivity index is 1.48. The van der Waals surface area contributed by atoms with Crippen LogP contribution in [0.15, 0.2) is 65.7 Å². The zero-order valence-corrected chi connectivity index (χ0v) is 21.0. The van der Waals surface area contributed by atoms with Crippen molar-refractivity contribution in [3.63, 3.8) is 0 Å². The number of aromatic nitrogens is 4. The van der Waals surface area contributed by atoms with Gasteiger partial charge in [-0.2, -0.15) is 9.40 Å². The molecule has 10 heteroatoms. The Morgan fingerprint density at radius 2 is 1.77 bits per heavy atom. The predicted octanol–water partition coefficient (Wildman–Crippen LogP) is 3.84. The molecule has 0 aliphatic rings. The van der Waals surface area contributed by atoms with Gasteiger partial charge in [0.1, 0.15) is 5.82 Å². The van der Waals surface area contributed by atoms with Crippen LogP contribution in [0.5, 0.6) is 0 Å². The molecule has 2 heterocycles. The van der Waals surface area contributed by atoms with Gasteiger partial charge in [-0.25, -0.2) is 18.1 Å². The fourth-order valence-electron chi connectivity index (χ4n) is 4.12. The van der Waals surface area contributed by atoms with Crippen molar-refractivity contribution in [1.29, 1.82) is 0 Å². The van der Waals surface area contributed by atoms with Crippen LogP contribution in [0.3, 0.4) is 0 Å². The van der Waals surface area contributed by atoms with Crippen LogP contribution in [-0.4, -0.2) is 51.1 Å². The molecule has 0 fully saturated rings. The summed E-state index contributed by atoms with van der Waals surface area (Å²) in [4.78, 5) is 17.5. The van der Waals surface area contributed by atoms with Gasteiger partial charge in [0.15, 0.2) is 5.82 Å². The molecule has 0 atom stereocenters. The number of imidazole rings is 1. The van der Waals surface area contributed by atoms with Crippen LogP contribution < -0.4 is 5.32 Å². The van der Waals surface area contributed by atoms with Gasteiger partial charge in [-0.05, 0) is 37.3 Å². The van der Waals surface area contributed by atoms with Gasteiger partial charge in [0, 0.05) is 44.7 Å². The largest absolute Gasteiger partial charge is 0.328 e. The SMILES string of the molecule is CCN(CC)S(=O)(=O)c1ccc2c(c1)nc(CCC(=O)Nc1ccn(-c3ccccc3)n1)n2CC. The van der Waals surface area contributed by atoms with E-state index in [-0.39, 0.29) is 17.2 Å². The van der Waals surface area contributed by atoms with Crippen molar-refractivity contribution in [3.05, 3.63) is 66.6 Å². The lowest BCUT2D eigenvalue weighted by Crippen LogP contribution is -2.30. The number of sulfonamides is 1. The Morgan fingerprint density at radius 3 is 2.46 bits per heavy atom. The first kappa shape index (κ1) is 24.6. The summed E-state index contributed by atoms with van der Waals surface area (Å²) < 4.78 is 31.0. The van der Waals surface area contributed by atoms with E-state index in [2.05, 4.69) is 15.4 Å². The van der Waals surface area contributed by atoms with Gasteiger partial charge in [0.2, 0.25) is 15.9 Å². The summed E-state index contributed by atoms with van der Waals surface area (Å²) in [6, 6.07) is 16.5. The van der Waals surface area contributed by atoms with E-state index in [0.29, 0.717) is 37.4 Å². The van der Waals surface area contributed by atoms with Crippen LogP contribution in [0.25, 0.3) is 16.7 Å². The molecule has 0 saturated heterocycles. The highest BCUT2D eigenvalue weighted by Crippen LogP contribution is 2.23. The summed E-state index contributed by atoms with van der Waals surface area (Å²) in [6.45, 7) is 7.12. The quantitative estimate of drug-likeness (QED) is 0.361. The molecule has 35 heavy (non-hydrogen) atoms. The van der Waals surface area contributed by atoms with Gasteiger partial charge < -0.3 is 9.88 Å². The fourth-order valence-corrected chi connectivity index (χ4v) is 5.60. The monoisotopic (exact) mass is 494 g/mol. The molecule has 0 saturated carbocycles. The zero-order valence-electron chi connectivity index (χ0n) is 20.2. The summed E-state index contributed by atoms with van der Waals surface area (Å²) in [5.41, 5.74) is 2.37. The number of carbonyl (C=O) groups is 1. The van der Waals surface area contributed by atoms with Gasteiger partial charge in [-0.1, -0.05) is 32.0 Å². The van der Waals surface area contributed by atoms with Crippen LogP contribution in [0, 0.1) is 0 Å². The Labute approximate surface area is 205 Å². The third kappa shape index (κ3) is 5.13. The van der Waals surface area contributed by atoms with Gasteiger partial charge in [0.05, 0.1) is 21.6 Å². The molecular formula is C25H30N6O3S. The minimum Gasteiger partial charge on any atom is -0.328 e. The van der Waals surface area contributed by atoms with E-state index in [4.69, 9.17) is 0 Å². The lowest BCUT2D eigenvalue weighted by molar-refractivity contribution is -0.116. The van der Waals surface area contributed by atoms with E-state index < -0.39 is 10.0 Å². The molecule has 9 nitrogen and oxygen atoms in total. The average molecular weight is 495 g/mol. The van der Waals surface area contributed by atoms with Crippen molar-refractivity contribution in [1.82, 2.24) is 23.6 Å². The number of fused-ring (bicyclic) bond motifs is 1. The van der Waals surface area contributed by atoms with Crippen LogP contribution in [0.2, 0.25) is 0 Å². The molecule has 4 aromatic rings. The first-order valence-electron chi connectivity index (χ1n) is 11.8. The number of carbonyl (C=O) groups excluding carboxylic acids is 1. The maximum Gasteiger partial charge on any atom is 0.243 e. The molecule has 4 rings (SSSR count). The topological polar surface area (TPSA) is 102 Å². The van der Waals surface area contributed by atoms with Crippen LogP contribution >= 0.6 is 0 Å². The minimum absolute atomic E-state index is 0.164. The van der Waals surface area contributed by atoms with Crippen molar-refractivity contribution < 1.29 is 13.2 Å². The van der Waals surface area contributed by atoms with Crippen molar-refractivity contribution in [2.75, 3.05) is 18.4 Å². The minimum atomic E-state index is -3.57. The Hall–Kier alpha value is -3.50. The van der Waals surface area contributed by atoms with Crippen LogP contribution in [0.4, 0.5) is 5.82 Å². The number of benzene rings is 2. The summed E-state index contributed by atoms with van der Waals surface area (Å²) >= 11 is 0. The van der Waals surface area contributed by atoms with E-state index in [0.717, 1.165) is 17.0 Å². The van der Waals surface area contributed by atoms with Gasteiger partial charge in [-0.15, -0.1) is 0 Å². The van der Waals surface area contributed by atoms with Gasteiger partial charge in [0.25, 0.3) is 0 Å². The second-order valence-electron chi connectivity index (χ2n) is 8.04. The molecular weight excluding hydrogens is 464 g/mol. The highest BCUT2D eigenvalue weighted by Gasteiger charge is 2.23. The number of amides is 1. The molecule has 0 radical (unpaired) electrons. The third-order valence-corrected chi connectivity index (χ3v) is 7.96. The van der Waals surface area contributed by atoms with E-state index in [1.54, 1.807) is 35.1 Å². The number of rotatable bonds is 10. The maximum absolute atomic E-state index is 12.9. The second kappa shape index (κ2) is 10.4. The summed E-state index contributed by atoms with van der Waals surface area (Å²) in [6.07, 6.45) is 2.45. The van der Waals surface area contributed by atoms with Gasteiger partial charge >= 0.3 is 0 Å². The maximum atomic E-state index is 12.9. The fraction of sp³-hybridized carbons (Fsp3) is 0.320. The normalized spacial score (nSPS) is 11.9. The molecule has 2 aromatic carbocycles. The molecule has 0 spiro atoms. The van der Waals surface area contributed by atoms with E-state index in [9.17, 15) is 13.2 Å². The van der Waals surface area contributed by atoms with E-state index in [1.807, 2.05) is 55.7 Å². The standard InChI is InChI=1S/C25H30N6O3S/c1-4-29(5-2)35(33,34)20-12-13-22-21(18-20)26-24(30(22)6-3)14-15-25(32)27-23-16-17-31(28-23)19-10-8-7-9-11-19/h7-13,16-18H,4-6,14-15H2,1-3H3,(H,27,28,32). The first-order valence-corrected chi connectivity index (χ1v) is 13.2. The molecule has 2 aromatic heterocycles. The number of hydrogen-bond acceptors (Lipinski definition) is 5. The Bertz CT molecular complexity index is 1420. The lowest BCUT2D eigenvalue weighted by Gasteiger charge is -2.18. The van der Waals surface area contributed by atoms with Crippen molar-refractivity contribution >= 4 is 32.8 Å². The Morgan fingerprint density at radius 1 is 1.03 bits per heavy atom. The smallest absolute Gasteiger partial charge is 0.243 e. The number of nitrogens with one attached hydrogen (secondary N) is 1. The third-order valence-electron chi connectivity index (χ3n) is 5.91. The van der Waals surface area contributed by atoms with Crippen molar-refractivity contribution in [3.8, 4) is 5.69 Å². The molecule has 1 amide bonds. The zero-order chi connectivity index (χ0) is 25.0.